The number of aromatic amines is 1. The van der Waals surface area contributed by atoms with Crippen molar-refractivity contribution in [2.45, 2.75) is 20.8 Å². The monoisotopic (exact) mass is 294 g/mol. The number of fused-ring (bicyclic) bond motifs is 1. The third-order valence-electron chi connectivity index (χ3n) is 4.00. The maximum atomic E-state index is 12.1. The molecule has 0 amide bonds. The van der Waals surface area contributed by atoms with Crippen LogP contribution < -0.4 is 10.3 Å². The van der Waals surface area contributed by atoms with E-state index in [0.29, 0.717) is 10.9 Å². The van der Waals surface area contributed by atoms with Gasteiger partial charge in [-0.1, -0.05) is 6.07 Å². The van der Waals surface area contributed by atoms with E-state index in [1.54, 1.807) is 7.11 Å². The Morgan fingerprint density at radius 2 is 1.91 bits per heavy atom. The lowest BCUT2D eigenvalue weighted by Crippen LogP contribution is -2.07. The van der Waals surface area contributed by atoms with Gasteiger partial charge in [0.05, 0.1) is 24.3 Å². The van der Waals surface area contributed by atoms with Gasteiger partial charge in [0.1, 0.15) is 5.75 Å². The quantitative estimate of drug-likeness (QED) is 0.786. The van der Waals surface area contributed by atoms with Crippen molar-refractivity contribution in [3.63, 3.8) is 0 Å². The van der Waals surface area contributed by atoms with Crippen LogP contribution in [0.25, 0.3) is 22.0 Å². The Kier molecular flexibility index (Phi) is 3.45. The Labute approximate surface area is 128 Å². The van der Waals surface area contributed by atoms with Gasteiger partial charge in [0.25, 0.3) is 5.56 Å². The van der Waals surface area contributed by atoms with Gasteiger partial charge in [-0.3, -0.25) is 4.79 Å². The number of hydrogen-bond donors (Lipinski definition) is 1. The standard InChI is InChI=1S/C18H18N2O2/c1-10-7-13(17-14(8-10)18(21)20-9-19-17)16-11(2)5-6-15(22-4)12(16)3/h5-9H,1-4H3,(H,19,20,21). The van der Waals surface area contributed by atoms with Crippen LogP contribution in [-0.2, 0) is 0 Å². The van der Waals surface area contributed by atoms with Crippen LogP contribution in [0.2, 0.25) is 0 Å². The van der Waals surface area contributed by atoms with E-state index in [4.69, 9.17) is 4.74 Å². The lowest BCUT2D eigenvalue weighted by atomic mass is 9.92. The van der Waals surface area contributed by atoms with E-state index >= 15 is 0 Å². The molecule has 0 aliphatic heterocycles. The van der Waals surface area contributed by atoms with E-state index in [9.17, 15) is 4.79 Å². The molecular weight excluding hydrogens is 276 g/mol. The predicted molar refractivity (Wildman–Crippen MR) is 88.6 cm³/mol. The zero-order valence-electron chi connectivity index (χ0n) is 13.2. The molecule has 0 saturated carbocycles. The maximum Gasteiger partial charge on any atom is 0.258 e. The molecule has 0 radical (unpaired) electrons. The van der Waals surface area contributed by atoms with E-state index in [0.717, 1.165) is 33.6 Å². The van der Waals surface area contributed by atoms with Crippen molar-refractivity contribution in [2.75, 3.05) is 7.11 Å². The van der Waals surface area contributed by atoms with Crippen LogP contribution in [0, 0.1) is 20.8 Å². The number of aryl methyl sites for hydroxylation is 2. The van der Waals surface area contributed by atoms with Crippen molar-refractivity contribution in [3.8, 4) is 16.9 Å². The van der Waals surface area contributed by atoms with Crippen LogP contribution in [-0.4, -0.2) is 17.1 Å². The second kappa shape index (κ2) is 5.30. The van der Waals surface area contributed by atoms with Crippen molar-refractivity contribution in [2.24, 2.45) is 0 Å². The van der Waals surface area contributed by atoms with Crippen molar-refractivity contribution < 1.29 is 4.74 Å². The van der Waals surface area contributed by atoms with E-state index in [1.165, 1.54) is 6.33 Å². The summed E-state index contributed by atoms with van der Waals surface area (Å²) >= 11 is 0. The molecule has 0 aliphatic carbocycles. The van der Waals surface area contributed by atoms with Gasteiger partial charge in [-0.2, -0.15) is 0 Å². The van der Waals surface area contributed by atoms with Crippen molar-refractivity contribution in [1.82, 2.24) is 9.97 Å². The smallest absolute Gasteiger partial charge is 0.258 e. The first-order valence-corrected chi connectivity index (χ1v) is 7.15. The fourth-order valence-corrected chi connectivity index (χ4v) is 2.98. The summed E-state index contributed by atoms with van der Waals surface area (Å²) in [5, 5.41) is 0.610. The van der Waals surface area contributed by atoms with E-state index in [2.05, 4.69) is 23.0 Å². The molecule has 22 heavy (non-hydrogen) atoms. The highest BCUT2D eigenvalue weighted by atomic mass is 16.5. The molecule has 0 unspecified atom stereocenters. The first-order chi connectivity index (χ1) is 10.5. The molecule has 1 N–H and O–H groups in total. The molecule has 1 heterocycles. The number of rotatable bonds is 2. The number of nitrogens with zero attached hydrogens (tertiary/aromatic N) is 1. The molecule has 4 heteroatoms. The maximum absolute atomic E-state index is 12.1. The van der Waals surface area contributed by atoms with Crippen molar-refractivity contribution >= 4 is 10.9 Å². The molecule has 0 fully saturated rings. The molecule has 0 bridgehead atoms. The summed E-state index contributed by atoms with van der Waals surface area (Å²) in [4.78, 5) is 19.1. The zero-order chi connectivity index (χ0) is 15.9. The van der Waals surface area contributed by atoms with Gasteiger partial charge in [-0.25, -0.2) is 4.98 Å². The lowest BCUT2D eigenvalue weighted by molar-refractivity contribution is 0.412. The van der Waals surface area contributed by atoms with Gasteiger partial charge in [0.15, 0.2) is 0 Å². The molecule has 4 nitrogen and oxygen atoms in total. The summed E-state index contributed by atoms with van der Waals surface area (Å²) in [6, 6.07) is 7.94. The molecule has 0 saturated heterocycles. The molecule has 112 valence electrons. The summed E-state index contributed by atoms with van der Waals surface area (Å²) in [7, 11) is 1.67. The van der Waals surface area contributed by atoms with Crippen LogP contribution in [0.5, 0.6) is 5.75 Å². The molecule has 0 atom stereocenters. The SMILES string of the molecule is COc1ccc(C)c(-c2cc(C)cc3c(=O)[nH]cnc23)c1C. The molecular formula is C18H18N2O2. The highest BCUT2D eigenvalue weighted by Gasteiger charge is 2.15. The minimum absolute atomic E-state index is 0.117. The number of ether oxygens (including phenoxy) is 1. The molecule has 1 aromatic heterocycles. The van der Waals surface area contributed by atoms with E-state index in [-0.39, 0.29) is 5.56 Å². The first kappa shape index (κ1) is 14.3. The fourth-order valence-electron chi connectivity index (χ4n) is 2.98. The highest BCUT2D eigenvalue weighted by molar-refractivity contribution is 5.95. The number of methoxy groups -OCH3 is 1. The van der Waals surface area contributed by atoms with Gasteiger partial charge >= 0.3 is 0 Å². The Balaban J connectivity index is 2.46. The van der Waals surface area contributed by atoms with Gasteiger partial charge < -0.3 is 9.72 Å². The summed E-state index contributed by atoms with van der Waals surface area (Å²) in [6.45, 7) is 6.08. The highest BCUT2D eigenvalue weighted by Crippen LogP contribution is 2.36. The normalized spacial score (nSPS) is 10.9. The minimum Gasteiger partial charge on any atom is -0.496 e. The summed E-state index contributed by atoms with van der Waals surface area (Å²) < 4.78 is 5.44. The third kappa shape index (κ3) is 2.17. The first-order valence-electron chi connectivity index (χ1n) is 7.15. The van der Waals surface area contributed by atoms with E-state index in [1.807, 2.05) is 32.0 Å². The Morgan fingerprint density at radius 1 is 1.14 bits per heavy atom. The lowest BCUT2D eigenvalue weighted by Gasteiger charge is -2.15. The summed E-state index contributed by atoms with van der Waals surface area (Å²) in [6.07, 6.45) is 1.45. The molecule has 3 aromatic rings. The summed E-state index contributed by atoms with van der Waals surface area (Å²) in [5.74, 6) is 0.833. The average molecular weight is 294 g/mol. The molecule has 0 aliphatic rings. The third-order valence-corrected chi connectivity index (χ3v) is 4.00. The van der Waals surface area contributed by atoms with Crippen LogP contribution in [0.4, 0.5) is 0 Å². The average Bonchev–Trinajstić information content (AvgIpc) is 2.48. The number of hydrogen-bond acceptors (Lipinski definition) is 3. The second-order valence-electron chi connectivity index (χ2n) is 5.53. The van der Waals surface area contributed by atoms with Crippen LogP contribution in [0.1, 0.15) is 16.7 Å². The van der Waals surface area contributed by atoms with Crippen LogP contribution >= 0.6 is 0 Å². The van der Waals surface area contributed by atoms with Gasteiger partial charge in [0, 0.05) is 5.56 Å². The van der Waals surface area contributed by atoms with Gasteiger partial charge in [-0.05, 0) is 61.2 Å². The van der Waals surface area contributed by atoms with Gasteiger partial charge in [0.2, 0.25) is 0 Å². The van der Waals surface area contributed by atoms with E-state index < -0.39 is 0 Å². The van der Waals surface area contributed by atoms with Crippen molar-refractivity contribution in [1.29, 1.82) is 0 Å². The molecule has 3 rings (SSSR count). The van der Waals surface area contributed by atoms with Gasteiger partial charge in [-0.15, -0.1) is 0 Å². The van der Waals surface area contributed by atoms with Crippen LogP contribution in [0.3, 0.4) is 0 Å². The second-order valence-corrected chi connectivity index (χ2v) is 5.53. The zero-order valence-corrected chi connectivity index (χ0v) is 13.2. The number of aromatic nitrogens is 2. The largest absolute Gasteiger partial charge is 0.496 e. The number of nitrogens with one attached hydrogen (secondary N) is 1. The Bertz CT molecular complexity index is 926. The summed E-state index contributed by atoms with van der Waals surface area (Å²) in [5.41, 5.74) is 5.86. The number of benzene rings is 2. The molecule has 0 spiro atoms. The Morgan fingerprint density at radius 3 is 2.64 bits per heavy atom. The Hall–Kier alpha value is -2.62. The fraction of sp³-hybridized carbons (Fsp3) is 0.222. The molecule has 2 aromatic carbocycles. The predicted octanol–water partition coefficient (Wildman–Crippen LogP) is 3.52. The van der Waals surface area contributed by atoms with Crippen molar-refractivity contribution in [3.05, 3.63) is 57.6 Å². The van der Waals surface area contributed by atoms with Crippen LogP contribution in [0.15, 0.2) is 35.4 Å². The topological polar surface area (TPSA) is 55.0 Å². The number of H-pyrrole nitrogens is 1. The minimum atomic E-state index is -0.117.